The predicted octanol–water partition coefficient (Wildman–Crippen LogP) is 2.53. The van der Waals surface area contributed by atoms with Crippen LogP contribution in [0.3, 0.4) is 0 Å². The molecule has 1 atom stereocenters. The number of nitrogens with one attached hydrogen (secondary N) is 1. The molecule has 0 spiro atoms. The monoisotopic (exact) mass is 323 g/mol. The summed E-state index contributed by atoms with van der Waals surface area (Å²) in [6.45, 7) is 3.58. The lowest BCUT2D eigenvalue weighted by Gasteiger charge is -2.12. The molecule has 2 aromatic heterocycles. The molecule has 0 bridgehead atoms. The average molecular weight is 324 g/mol. The molecule has 0 aliphatic carbocycles. The Hall–Kier alpha value is -1.86. The van der Waals surface area contributed by atoms with E-state index in [-0.39, 0.29) is 11.1 Å². The molecule has 0 fully saturated rings. The zero-order valence-corrected chi connectivity index (χ0v) is 13.1. The van der Waals surface area contributed by atoms with Crippen LogP contribution in [0, 0.1) is 6.92 Å². The molecule has 110 valence electrons. The van der Waals surface area contributed by atoms with Crippen molar-refractivity contribution >= 4 is 40.8 Å². The fourth-order valence-corrected chi connectivity index (χ4v) is 2.55. The molecule has 0 unspecified atom stereocenters. The van der Waals surface area contributed by atoms with E-state index in [1.54, 1.807) is 31.3 Å². The Morgan fingerprint density at radius 2 is 2.24 bits per heavy atom. The molecule has 0 saturated heterocycles. The molecule has 0 radical (unpaired) electrons. The van der Waals surface area contributed by atoms with Crippen LogP contribution in [0.15, 0.2) is 29.6 Å². The third-order valence-electron chi connectivity index (χ3n) is 2.52. The number of aromatic nitrogens is 3. The molecule has 1 amide bonds. The molecule has 21 heavy (non-hydrogen) atoms. The molecule has 2 heterocycles. The Kier molecular flexibility index (Phi) is 4.98. The van der Waals surface area contributed by atoms with Gasteiger partial charge in [-0.15, -0.1) is 0 Å². The summed E-state index contributed by atoms with van der Waals surface area (Å²) < 4.78 is 0. The van der Waals surface area contributed by atoms with Gasteiger partial charge in [0.1, 0.15) is 5.82 Å². The summed E-state index contributed by atoms with van der Waals surface area (Å²) >= 11 is 7.13. The number of hydrogen-bond acceptors (Lipinski definition) is 6. The SMILES string of the molecule is Cc1cc(N)nc(S[C@@H](C)C(=O)Nc2cccnc2Cl)n1. The van der Waals surface area contributed by atoms with Gasteiger partial charge in [0.2, 0.25) is 5.91 Å². The minimum Gasteiger partial charge on any atom is -0.384 e. The van der Waals surface area contributed by atoms with Gasteiger partial charge >= 0.3 is 0 Å². The minimum atomic E-state index is -0.400. The van der Waals surface area contributed by atoms with Crippen LogP contribution in [0.1, 0.15) is 12.6 Å². The third-order valence-corrected chi connectivity index (χ3v) is 3.78. The average Bonchev–Trinajstić information content (AvgIpc) is 2.40. The lowest BCUT2D eigenvalue weighted by atomic mass is 10.4. The van der Waals surface area contributed by atoms with Crippen LogP contribution in [0.4, 0.5) is 11.5 Å². The van der Waals surface area contributed by atoms with Gasteiger partial charge in [0.25, 0.3) is 0 Å². The molecule has 0 saturated carbocycles. The molecular weight excluding hydrogens is 310 g/mol. The fourth-order valence-electron chi connectivity index (χ4n) is 1.54. The van der Waals surface area contributed by atoms with Crippen LogP contribution in [0.2, 0.25) is 5.15 Å². The van der Waals surface area contributed by atoms with Crippen molar-refractivity contribution < 1.29 is 4.79 Å². The highest BCUT2D eigenvalue weighted by molar-refractivity contribution is 8.00. The van der Waals surface area contributed by atoms with Crippen molar-refractivity contribution in [1.29, 1.82) is 0 Å². The number of nitrogen functional groups attached to an aromatic ring is 1. The zero-order valence-electron chi connectivity index (χ0n) is 11.5. The van der Waals surface area contributed by atoms with E-state index in [9.17, 15) is 4.79 Å². The number of nitrogens with zero attached hydrogens (tertiary/aromatic N) is 3. The first kappa shape index (κ1) is 15.5. The number of aryl methyl sites for hydroxylation is 1. The van der Waals surface area contributed by atoms with E-state index in [1.807, 2.05) is 6.92 Å². The molecular formula is C13H14ClN5OS. The van der Waals surface area contributed by atoms with E-state index in [4.69, 9.17) is 17.3 Å². The van der Waals surface area contributed by atoms with Gasteiger partial charge in [-0.3, -0.25) is 4.79 Å². The summed E-state index contributed by atoms with van der Waals surface area (Å²) in [5.41, 5.74) is 6.89. The molecule has 3 N–H and O–H groups in total. The number of rotatable bonds is 4. The van der Waals surface area contributed by atoms with Crippen LogP contribution in [-0.4, -0.2) is 26.1 Å². The summed E-state index contributed by atoms with van der Waals surface area (Å²) in [5, 5.41) is 3.03. The standard InChI is InChI=1S/C13H14ClN5OS/c1-7-6-10(15)19-13(17-7)21-8(2)12(20)18-9-4-3-5-16-11(9)14/h3-6,8H,1-2H3,(H,18,20)(H2,15,17,19)/t8-/m0/s1. The van der Waals surface area contributed by atoms with E-state index >= 15 is 0 Å². The van der Waals surface area contributed by atoms with Gasteiger partial charge < -0.3 is 11.1 Å². The second kappa shape index (κ2) is 6.73. The van der Waals surface area contributed by atoms with Crippen LogP contribution in [-0.2, 0) is 4.79 Å². The van der Waals surface area contributed by atoms with Crippen molar-refractivity contribution in [3.63, 3.8) is 0 Å². The number of thioether (sulfide) groups is 1. The second-order valence-corrected chi connectivity index (χ2v) is 5.97. The summed E-state index contributed by atoms with van der Waals surface area (Å²) in [5.74, 6) is 0.173. The first-order valence-corrected chi connectivity index (χ1v) is 7.40. The van der Waals surface area contributed by atoms with Gasteiger partial charge in [-0.05, 0) is 26.0 Å². The highest BCUT2D eigenvalue weighted by Gasteiger charge is 2.17. The topological polar surface area (TPSA) is 93.8 Å². The highest BCUT2D eigenvalue weighted by atomic mass is 35.5. The molecule has 6 nitrogen and oxygen atoms in total. The lowest BCUT2D eigenvalue weighted by Crippen LogP contribution is -2.23. The Morgan fingerprint density at radius 3 is 2.90 bits per heavy atom. The Morgan fingerprint density at radius 1 is 1.48 bits per heavy atom. The first-order valence-electron chi connectivity index (χ1n) is 6.15. The van der Waals surface area contributed by atoms with Gasteiger partial charge in [-0.25, -0.2) is 15.0 Å². The summed E-state index contributed by atoms with van der Waals surface area (Å²) in [6, 6.07) is 5.06. The molecule has 0 aliphatic rings. The maximum atomic E-state index is 12.1. The molecule has 0 aliphatic heterocycles. The smallest absolute Gasteiger partial charge is 0.237 e. The number of anilines is 2. The Bertz CT molecular complexity index is 647. The molecule has 2 rings (SSSR count). The van der Waals surface area contributed by atoms with E-state index < -0.39 is 5.25 Å². The minimum absolute atomic E-state index is 0.210. The zero-order chi connectivity index (χ0) is 15.4. The maximum absolute atomic E-state index is 12.1. The predicted molar refractivity (Wildman–Crippen MR) is 84.4 cm³/mol. The van der Waals surface area contributed by atoms with Crippen LogP contribution in [0.25, 0.3) is 0 Å². The van der Waals surface area contributed by atoms with E-state index in [0.29, 0.717) is 16.7 Å². The molecule has 2 aromatic rings. The van der Waals surface area contributed by atoms with Gasteiger partial charge in [0.05, 0.1) is 10.9 Å². The van der Waals surface area contributed by atoms with Crippen LogP contribution < -0.4 is 11.1 Å². The Labute approximate surface area is 131 Å². The number of halogens is 1. The van der Waals surface area contributed by atoms with Crippen molar-refractivity contribution in [3.8, 4) is 0 Å². The van der Waals surface area contributed by atoms with Crippen LogP contribution in [0.5, 0.6) is 0 Å². The van der Waals surface area contributed by atoms with E-state index in [0.717, 1.165) is 5.69 Å². The number of carbonyl (C=O) groups is 1. The van der Waals surface area contributed by atoms with Crippen molar-refractivity contribution in [3.05, 3.63) is 35.2 Å². The Balaban J connectivity index is 2.04. The quantitative estimate of drug-likeness (QED) is 0.510. The maximum Gasteiger partial charge on any atom is 0.237 e. The number of nitrogens with two attached hydrogens (primary N) is 1. The lowest BCUT2D eigenvalue weighted by molar-refractivity contribution is -0.115. The van der Waals surface area contributed by atoms with Gasteiger partial charge in [-0.1, -0.05) is 23.4 Å². The first-order chi connectivity index (χ1) is 9.95. The number of amides is 1. The molecule has 0 aromatic carbocycles. The van der Waals surface area contributed by atoms with Crippen LogP contribution >= 0.6 is 23.4 Å². The third kappa shape index (κ3) is 4.30. The second-order valence-electron chi connectivity index (χ2n) is 4.31. The van der Waals surface area contributed by atoms with E-state index in [1.165, 1.54) is 11.8 Å². The number of pyridine rings is 1. The van der Waals surface area contributed by atoms with Crippen molar-refractivity contribution in [1.82, 2.24) is 15.0 Å². The highest BCUT2D eigenvalue weighted by Crippen LogP contribution is 2.23. The largest absolute Gasteiger partial charge is 0.384 e. The van der Waals surface area contributed by atoms with Crippen molar-refractivity contribution in [2.45, 2.75) is 24.3 Å². The van der Waals surface area contributed by atoms with Gasteiger partial charge in [-0.2, -0.15) is 0 Å². The summed E-state index contributed by atoms with van der Waals surface area (Å²) in [6.07, 6.45) is 1.56. The van der Waals surface area contributed by atoms with Crippen molar-refractivity contribution in [2.24, 2.45) is 0 Å². The summed E-state index contributed by atoms with van der Waals surface area (Å²) in [4.78, 5) is 24.4. The van der Waals surface area contributed by atoms with Crippen molar-refractivity contribution in [2.75, 3.05) is 11.1 Å². The van der Waals surface area contributed by atoms with E-state index in [2.05, 4.69) is 20.3 Å². The van der Waals surface area contributed by atoms with Gasteiger partial charge in [0.15, 0.2) is 10.3 Å². The molecule has 8 heteroatoms. The fraction of sp³-hybridized carbons (Fsp3) is 0.231. The summed E-state index contributed by atoms with van der Waals surface area (Å²) in [7, 11) is 0. The van der Waals surface area contributed by atoms with Gasteiger partial charge in [0, 0.05) is 18.0 Å². The normalized spacial score (nSPS) is 12.0. The number of hydrogen-bond donors (Lipinski definition) is 2. The number of carbonyl (C=O) groups excluding carboxylic acids is 1.